The molecule has 0 aromatic heterocycles. The first-order valence-electron chi connectivity index (χ1n) is 2.89. The Hall–Kier alpha value is -1.01. The minimum Gasteiger partial charge on any atom is -0.436 e. The van der Waals surface area contributed by atoms with E-state index >= 15 is 0 Å². The van der Waals surface area contributed by atoms with Gasteiger partial charge in [-0.1, -0.05) is 5.92 Å². The molecule has 10 heavy (non-hydrogen) atoms. The van der Waals surface area contributed by atoms with Crippen LogP contribution in [0.3, 0.4) is 0 Å². The predicted octanol–water partition coefficient (Wildman–Crippen LogP) is 0.545. The van der Waals surface area contributed by atoms with Crippen LogP contribution in [0.2, 0.25) is 0 Å². The number of ether oxygens (including phenoxy) is 2. The van der Waals surface area contributed by atoms with Gasteiger partial charge < -0.3 is 9.47 Å². The van der Waals surface area contributed by atoms with E-state index in [4.69, 9.17) is 11.2 Å². The van der Waals surface area contributed by atoms with Gasteiger partial charge in [0.05, 0.1) is 0 Å². The molecule has 1 unspecified atom stereocenters. The monoisotopic (exact) mass is 142 g/mol. The standard InChI is InChI=1S/C7H10O3/c1-4-5-9-7(3)10-6(2)8/h1,7H,5H2,2-3H3. The molecule has 0 radical (unpaired) electrons. The highest BCUT2D eigenvalue weighted by atomic mass is 16.7. The van der Waals surface area contributed by atoms with Gasteiger partial charge >= 0.3 is 5.97 Å². The van der Waals surface area contributed by atoms with Crippen molar-refractivity contribution in [1.82, 2.24) is 0 Å². The topological polar surface area (TPSA) is 35.5 Å². The number of carbonyl (C=O) groups excluding carboxylic acids is 1. The number of rotatable bonds is 3. The van der Waals surface area contributed by atoms with Crippen LogP contribution < -0.4 is 0 Å². The Morgan fingerprint density at radius 1 is 1.80 bits per heavy atom. The Morgan fingerprint density at radius 2 is 2.40 bits per heavy atom. The number of hydrogen-bond donors (Lipinski definition) is 0. The second-order valence-corrected chi connectivity index (χ2v) is 1.69. The summed E-state index contributed by atoms with van der Waals surface area (Å²) in [5, 5.41) is 0. The molecule has 3 nitrogen and oxygen atoms in total. The Labute approximate surface area is 60.3 Å². The third-order valence-corrected chi connectivity index (χ3v) is 0.733. The Morgan fingerprint density at radius 3 is 2.80 bits per heavy atom. The molecule has 0 amide bonds. The third kappa shape index (κ3) is 5.13. The van der Waals surface area contributed by atoms with Crippen LogP contribution in [0.1, 0.15) is 13.8 Å². The van der Waals surface area contributed by atoms with Crippen LogP contribution in [-0.2, 0) is 14.3 Å². The Bertz CT molecular complexity index is 145. The van der Waals surface area contributed by atoms with E-state index in [0.717, 1.165) is 0 Å². The van der Waals surface area contributed by atoms with Crippen molar-refractivity contribution in [2.75, 3.05) is 6.61 Å². The molecule has 0 aromatic rings. The second-order valence-electron chi connectivity index (χ2n) is 1.69. The lowest BCUT2D eigenvalue weighted by molar-refractivity contribution is -0.169. The van der Waals surface area contributed by atoms with Crippen molar-refractivity contribution in [2.45, 2.75) is 20.1 Å². The van der Waals surface area contributed by atoms with Gasteiger partial charge in [-0.15, -0.1) is 6.42 Å². The highest BCUT2D eigenvalue weighted by molar-refractivity contribution is 5.65. The lowest BCUT2D eigenvalue weighted by atomic mass is 10.7. The molecule has 3 heteroatoms. The zero-order valence-corrected chi connectivity index (χ0v) is 6.09. The summed E-state index contributed by atoms with van der Waals surface area (Å²) in [4.78, 5) is 10.3. The lowest BCUT2D eigenvalue weighted by Gasteiger charge is -2.09. The van der Waals surface area contributed by atoms with Crippen molar-refractivity contribution in [3.63, 3.8) is 0 Å². The van der Waals surface area contributed by atoms with Crippen molar-refractivity contribution in [1.29, 1.82) is 0 Å². The fourth-order valence-electron chi connectivity index (χ4n) is 0.433. The van der Waals surface area contributed by atoms with Gasteiger partial charge in [-0.05, 0) is 6.92 Å². The summed E-state index contributed by atoms with van der Waals surface area (Å²) >= 11 is 0. The SMILES string of the molecule is C#CCOC(C)OC(C)=O. The van der Waals surface area contributed by atoms with Gasteiger partial charge in [0.15, 0.2) is 0 Å². The van der Waals surface area contributed by atoms with Crippen LogP contribution in [0.15, 0.2) is 0 Å². The number of hydrogen-bond acceptors (Lipinski definition) is 3. The van der Waals surface area contributed by atoms with Gasteiger partial charge in [0.1, 0.15) is 6.61 Å². The summed E-state index contributed by atoms with van der Waals surface area (Å²) < 4.78 is 9.42. The van der Waals surface area contributed by atoms with Crippen LogP contribution in [0.4, 0.5) is 0 Å². The first-order valence-corrected chi connectivity index (χ1v) is 2.89. The van der Waals surface area contributed by atoms with Crippen LogP contribution >= 0.6 is 0 Å². The second kappa shape index (κ2) is 4.83. The number of terminal acetylenes is 1. The summed E-state index contributed by atoms with van der Waals surface area (Å²) in [6.07, 6.45) is 4.34. The van der Waals surface area contributed by atoms with Crippen LogP contribution in [0.5, 0.6) is 0 Å². The van der Waals surface area contributed by atoms with Crippen molar-refractivity contribution in [2.24, 2.45) is 0 Å². The fraction of sp³-hybridized carbons (Fsp3) is 0.571. The average Bonchev–Trinajstić information content (AvgIpc) is 1.82. The first-order chi connectivity index (χ1) is 4.66. The average molecular weight is 142 g/mol. The normalized spacial score (nSPS) is 11.7. The predicted molar refractivity (Wildman–Crippen MR) is 36.0 cm³/mol. The zero-order chi connectivity index (χ0) is 7.98. The van der Waals surface area contributed by atoms with Gasteiger partial charge in [0.2, 0.25) is 6.29 Å². The Balaban J connectivity index is 3.36. The molecule has 0 aliphatic rings. The van der Waals surface area contributed by atoms with E-state index in [1.54, 1.807) is 6.92 Å². The number of carbonyl (C=O) groups is 1. The zero-order valence-electron chi connectivity index (χ0n) is 6.09. The molecule has 1 atom stereocenters. The van der Waals surface area contributed by atoms with E-state index in [0.29, 0.717) is 0 Å². The molecule has 0 saturated heterocycles. The van der Waals surface area contributed by atoms with E-state index in [-0.39, 0.29) is 12.6 Å². The van der Waals surface area contributed by atoms with Gasteiger partial charge in [-0.2, -0.15) is 0 Å². The van der Waals surface area contributed by atoms with Gasteiger partial charge in [0.25, 0.3) is 0 Å². The Kier molecular flexibility index (Phi) is 4.34. The highest BCUT2D eigenvalue weighted by Crippen LogP contribution is 1.92. The minimum atomic E-state index is -0.548. The summed E-state index contributed by atoms with van der Waals surface area (Å²) in [6, 6.07) is 0. The van der Waals surface area contributed by atoms with Gasteiger partial charge in [0, 0.05) is 6.92 Å². The van der Waals surface area contributed by atoms with Crippen LogP contribution in [0.25, 0.3) is 0 Å². The highest BCUT2D eigenvalue weighted by Gasteiger charge is 2.02. The molecular weight excluding hydrogens is 132 g/mol. The largest absolute Gasteiger partial charge is 0.436 e. The summed E-state index contributed by atoms with van der Waals surface area (Å²) in [7, 11) is 0. The molecule has 0 saturated carbocycles. The first kappa shape index (κ1) is 8.99. The van der Waals surface area contributed by atoms with E-state index < -0.39 is 6.29 Å². The molecule has 0 aliphatic carbocycles. The van der Waals surface area contributed by atoms with Gasteiger partial charge in [-0.3, -0.25) is 4.79 Å². The third-order valence-electron chi connectivity index (χ3n) is 0.733. The molecule has 0 spiro atoms. The van der Waals surface area contributed by atoms with Crippen molar-refractivity contribution < 1.29 is 14.3 Å². The molecule has 56 valence electrons. The maximum Gasteiger partial charge on any atom is 0.304 e. The number of esters is 1. The van der Waals surface area contributed by atoms with Crippen molar-refractivity contribution in [3.05, 3.63) is 0 Å². The summed E-state index contributed by atoms with van der Waals surface area (Å²) in [6.45, 7) is 3.09. The summed E-state index contributed by atoms with van der Waals surface area (Å²) in [5.41, 5.74) is 0. The molecule has 0 rings (SSSR count). The quantitative estimate of drug-likeness (QED) is 0.328. The molecule has 0 N–H and O–H groups in total. The molecule has 0 heterocycles. The van der Waals surface area contributed by atoms with E-state index in [1.165, 1.54) is 6.92 Å². The minimum absolute atomic E-state index is 0.161. The molecule has 0 aromatic carbocycles. The maximum atomic E-state index is 10.3. The van der Waals surface area contributed by atoms with Crippen LogP contribution in [-0.4, -0.2) is 18.9 Å². The molecular formula is C7H10O3. The smallest absolute Gasteiger partial charge is 0.304 e. The molecule has 0 bridgehead atoms. The molecule has 0 aliphatic heterocycles. The van der Waals surface area contributed by atoms with Gasteiger partial charge in [-0.25, -0.2) is 0 Å². The fourth-order valence-corrected chi connectivity index (χ4v) is 0.433. The van der Waals surface area contributed by atoms with E-state index in [2.05, 4.69) is 10.7 Å². The summed E-state index contributed by atoms with van der Waals surface area (Å²) in [5.74, 6) is 1.89. The van der Waals surface area contributed by atoms with Crippen molar-refractivity contribution in [3.8, 4) is 12.3 Å². The lowest BCUT2D eigenvalue weighted by Crippen LogP contribution is -2.15. The van der Waals surface area contributed by atoms with E-state index in [1.807, 2.05) is 0 Å². The van der Waals surface area contributed by atoms with Crippen LogP contribution in [0, 0.1) is 12.3 Å². The molecule has 0 fully saturated rings. The maximum absolute atomic E-state index is 10.3. The van der Waals surface area contributed by atoms with E-state index in [9.17, 15) is 4.79 Å². The van der Waals surface area contributed by atoms with Crippen molar-refractivity contribution >= 4 is 5.97 Å².